The van der Waals surface area contributed by atoms with Gasteiger partial charge in [0.25, 0.3) is 0 Å². The molecule has 1 amide bonds. The normalized spacial score (nSPS) is 15.4. The third kappa shape index (κ3) is 5.90. The smallest absolute Gasteiger partial charge is 0.483 e. The number of hydrogen-bond donors (Lipinski definition) is 0. The number of alkyl halides is 3. The Labute approximate surface area is 199 Å². The van der Waals surface area contributed by atoms with E-state index < -0.39 is 30.1 Å². The van der Waals surface area contributed by atoms with E-state index in [4.69, 9.17) is 10.00 Å². The molecule has 0 aromatic heterocycles. The summed E-state index contributed by atoms with van der Waals surface area (Å²) in [4.78, 5) is 14.4. The molecule has 5 nitrogen and oxygen atoms in total. The number of ether oxygens (including phenoxy) is 2. The number of likely N-dealkylation sites (tertiary alicyclic amines) is 1. The zero-order valence-electron chi connectivity index (χ0n) is 18.3. The van der Waals surface area contributed by atoms with Crippen LogP contribution in [-0.2, 0) is 4.79 Å². The maximum Gasteiger partial charge on any atom is 0.573 e. The van der Waals surface area contributed by atoms with E-state index in [0.717, 1.165) is 0 Å². The summed E-state index contributed by atoms with van der Waals surface area (Å²) in [6.07, 6.45) is -4.70. The van der Waals surface area contributed by atoms with E-state index in [2.05, 4.69) is 4.74 Å². The highest BCUT2D eigenvalue weighted by Crippen LogP contribution is 2.40. The fourth-order valence-electron chi connectivity index (χ4n) is 4.07. The molecule has 1 aliphatic heterocycles. The number of hydrogen-bond acceptors (Lipinski definition) is 4. The molecule has 4 rings (SSSR count). The number of nitrogens with zero attached hydrogens (tertiary/aromatic N) is 2. The monoisotopic (exact) mass is 484 g/mol. The first-order valence-electron chi connectivity index (χ1n) is 10.8. The van der Waals surface area contributed by atoms with Gasteiger partial charge in [0.1, 0.15) is 23.4 Å². The van der Waals surface area contributed by atoms with Crippen molar-refractivity contribution in [1.29, 1.82) is 5.26 Å². The molecule has 1 aliphatic rings. The largest absolute Gasteiger partial charge is 0.573 e. The number of carbonyl (C=O) groups excluding carboxylic acids is 1. The van der Waals surface area contributed by atoms with Crippen molar-refractivity contribution in [3.8, 4) is 17.6 Å². The van der Waals surface area contributed by atoms with E-state index in [9.17, 15) is 22.4 Å². The van der Waals surface area contributed by atoms with Gasteiger partial charge >= 0.3 is 6.36 Å². The number of rotatable bonds is 7. The van der Waals surface area contributed by atoms with Gasteiger partial charge in [-0.1, -0.05) is 24.3 Å². The minimum atomic E-state index is -4.83. The highest BCUT2D eigenvalue weighted by molar-refractivity contribution is 5.78. The lowest BCUT2D eigenvalue weighted by Gasteiger charge is -2.35. The van der Waals surface area contributed by atoms with Crippen molar-refractivity contribution >= 4 is 5.91 Å². The van der Waals surface area contributed by atoms with Gasteiger partial charge in [-0.3, -0.25) is 4.79 Å². The first kappa shape index (κ1) is 24.1. The van der Waals surface area contributed by atoms with Crippen molar-refractivity contribution < 1.29 is 31.8 Å². The fourth-order valence-corrected chi connectivity index (χ4v) is 4.07. The zero-order chi connectivity index (χ0) is 25.0. The van der Waals surface area contributed by atoms with Crippen LogP contribution in [-0.4, -0.2) is 23.7 Å². The van der Waals surface area contributed by atoms with Crippen molar-refractivity contribution in [2.75, 3.05) is 6.54 Å². The molecule has 0 unspecified atom stereocenters. The van der Waals surface area contributed by atoms with Gasteiger partial charge in [0.2, 0.25) is 5.91 Å². The lowest BCUT2D eigenvalue weighted by molar-refractivity contribution is -0.274. The average Bonchev–Trinajstić information content (AvgIpc) is 3.25. The summed E-state index contributed by atoms with van der Waals surface area (Å²) in [5, 5.41) is 9.07. The van der Waals surface area contributed by atoms with Crippen molar-refractivity contribution in [2.45, 2.75) is 31.3 Å². The molecule has 2 atom stereocenters. The molecule has 1 saturated heterocycles. The van der Waals surface area contributed by atoms with E-state index >= 15 is 0 Å². The number of amides is 1. The molecule has 0 bridgehead atoms. The Balaban J connectivity index is 1.77. The topological polar surface area (TPSA) is 62.6 Å². The summed E-state index contributed by atoms with van der Waals surface area (Å²) in [7, 11) is 0. The predicted octanol–water partition coefficient (Wildman–Crippen LogP) is 6.08. The molecule has 0 spiro atoms. The van der Waals surface area contributed by atoms with Crippen LogP contribution in [0.5, 0.6) is 11.5 Å². The molecule has 3 aromatic carbocycles. The number of nitriles is 1. The maximum atomic E-state index is 13.7. The van der Waals surface area contributed by atoms with Gasteiger partial charge < -0.3 is 14.4 Å². The third-order valence-electron chi connectivity index (χ3n) is 5.63. The second-order valence-corrected chi connectivity index (χ2v) is 7.98. The van der Waals surface area contributed by atoms with Crippen LogP contribution >= 0.6 is 0 Å². The van der Waals surface area contributed by atoms with Crippen LogP contribution in [0.1, 0.15) is 41.7 Å². The average molecular weight is 484 g/mol. The SMILES string of the molecule is N#Cc1ccc(O[C@@H](c2ccc(OC(F)(F)F)cc2)[C@@H](c2ccc(F)cc2)N2CCCC2=O)cc1. The number of carbonyl (C=O) groups is 1. The molecular formula is C26H20F4N2O3. The molecule has 9 heteroatoms. The predicted molar refractivity (Wildman–Crippen MR) is 118 cm³/mol. The summed E-state index contributed by atoms with van der Waals surface area (Å²) in [5.74, 6) is -0.555. The summed E-state index contributed by atoms with van der Waals surface area (Å²) >= 11 is 0. The Morgan fingerprint density at radius 3 is 2.03 bits per heavy atom. The summed E-state index contributed by atoms with van der Waals surface area (Å²) in [5.41, 5.74) is 1.51. The van der Waals surface area contributed by atoms with Gasteiger partial charge in [-0.2, -0.15) is 5.26 Å². The lowest BCUT2D eigenvalue weighted by atomic mass is 9.94. The minimum absolute atomic E-state index is 0.107. The standard InChI is InChI=1S/C26H20F4N2O3/c27-20-9-5-18(6-10-20)24(32-15-1-2-23(32)33)25(34-21-11-3-17(16-31)4-12-21)19-7-13-22(14-8-19)35-26(28,29)30/h3-14,24-25H,1-2,15H2/t24-,25+/m1/s1. The highest BCUT2D eigenvalue weighted by Gasteiger charge is 2.37. The molecule has 0 aliphatic carbocycles. The Hall–Kier alpha value is -4.06. The van der Waals surface area contributed by atoms with Crippen LogP contribution < -0.4 is 9.47 Å². The number of benzene rings is 3. The molecule has 0 radical (unpaired) electrons. The quantitative estimate of drug-likeness (QED) is 0.382. The van der Waals surface area contributed by atoms with Crippen molar-refractivity contribution in [2.24, 2.45) is 0 Å². The summed E-state index contributed by atoms with van der Waals surface area (Å²) in [6, 6.07) is 18.6. The van der Waals surface area contributed by atoms with E-state index in [1.54, 1.807) is 41.3 Å². The molecule has 3 aromatic rings. The summed E-state index contributed by atoms with van der Waals surface area (Å²) < 4.78 is 61.9. The molecule has 1 heterocycles. The van der Waals surface area contributed by atoms with Gasteiger partial charge in [-0.05, 0) is 66.1 Å². The van der Waals surface area contributed by atoms with Crippen molar-refractivity contribution in [1.82, 2.24) is 4.90 Å². The lowest BCUT2D eigenvalue weighted by Crippen LogP contribution is -2.36. The summed E-state index contributed by atoms with van der Waals surface area (Å²) in [6.45, 7) is 0.448. The number of halogens is 4. The second-order valence-electron chi connectivity index (χ2n) is 7.98. The van der Waals surface area contributed by atoms with E-state index in [0.29, 0.717) is 41.8 Å². The fraction of sp³-hybridized carbons (Fsp3) is 0.231. The van der Waals surface area contributed by atoms with Gasteiger partial charge in [0, 0.05) is 13.0 Å². The minimum Gasteiger partial charge on any atom is -0.483 e. The first-order chi connectivity index (χ1) is 16.7. The van der Waals surface area contributed by atoms with Crippen molar-refractivity contribution in [3.63, 3.8) is 0 Å². The first-order valence-corrected chi connectivity index (χ1v) is 10.8. The molecule has 0 N–H and O–H groups in total. The molecule has 1 fully saturated rings. The Bertz CT molecular complexity index is 1200. The van der Waals surface area contributed by atoms with Crippen LogP contribution in [0.25, 0.3) is 0 Å². The van der Waals surface area contributed by atoms with Crippen LogP contribution in [0.4, 0.5) is 17.6 Å². The molecule has 0 saturated carbocycles. The second kappa shape index (κ2) is 10.1. The third-order valence-corrected chi connectivity index (χ3v) is 5.63. The van der Waals surface area contributed by atoms with Crippen LogP contribution in [0.3, 0.4) is 0 Å². The highest BCUT2D eigenvalue weighted by atomic mass is 19.4. The Morgan fingerprint density at radius 1 is 0.886 bits per heavy atom. The molecule has 35 heavy (non-hydrogen) atoms. The Kier molecular flexibility index (Phi) is 6.92. The van der Waals surface area contributed by atoms with Crippen LogP contribution in [0.2, 0.25) is 0 Å². The molecular weight excluding hydrogens is 464 g/mol. The van der Waals surface area contributed by atoms with E-state index in [1.807, 2.05) is 6.07 Å². The zero-order valence-corrected chi connectivity index (χ0v) is 18.3. The van der Waals surface area contributed by atoms with Gasteiger partial charge in [0.15, 0.2) is 0 Å². The van der Waals surface area contributed by atoms with Gasteiger partial charge in [0.05, 0.1) is 17.7 Å². The van der Waals surface area contributed by atoms with Gasteiger partial charge in [-0.25, -0.2) is 4.39 Å². The van der Waals surface area contributed by atoms with Crippen molar-refractivity contribution in [3.05, 3.63) is 95.3 Å². The van der Waals surface area contributed by atoms with Crippen LogP contribution in [0.15, 0.2) is 72.8 Å². The maximum absolute atomic E-state index is 13.7. The van der Waals surface area contributed by atoms with Gasteiger partial charge in [-0.15, -0.1) is 13.2 Å². The van der Waals surface area contributed by atoms with E-state index in [1.165, 1.54) is 36.4 Å². The van der Waals surface area contributed by atoms with Crippen LogP contribution in [0, 0.1) is 17.1 Å². The Morgan fingerprint density at radius 2 is 1.49 bits per heavy atom. The molecule has 180 valence electrons. The van der Waals surface area contributed by atoms with E-state index in [-0.39, 0.29) is 5.91 Å².